The zero-order chi connectivity index (χ0) is 20.9. The number of nitrogens with zero attached hydrogens (tertiary/aromatic N) is 3. The zero-order valence-electron chi connectivity index (χ0n) is 16.6. The van der Waals surface area contributed by atoms with Crippen molar-refractivity contribution in [3.63, 3.8) is 0 Å². The van der Waals surface area contributed by atoms with E-state index in [0.717, 1.165) is 22.5 Å². The molecule has 8 nitrogen and oxygen atoms in total. The smallest absolute Gasteiger partial charge is 0.264 e. The van der Waals surface area contributed by atoms with Crippen LogP contribution < -0.4 is 20.3 Å². The van der Waals surface area contributed by atoms with E-state index >= 15 is 0 Å². The third kappa shape index (κ3) is 4.02. The van der Waals surface area contributed by atoms with Gasteiger partial charge in [-0.3, -0.25) is 4.79 Å². The van der Waals surface area contributed by atoms with E-state index in [1.54, 1.807) is 20.3 Å². The number of hydrogen-bond donors (Lipinski definition) is 2. The molecule has 0 saturated heterocycles. The molecule has 0 spiro atoms. The Labute approximate surface area is 173 Å². The van der Waals surface area contributed by atoms with Gasteiger partial charge in [-0.2, -0.15) is 10.2 Å². The first-order valence-corrected chi connectivity index (χ1v) is 9.34. The molecular weight excluding hydrogens is 382 g/mol. The Bertz CT molecular complexity index is 1180. The SMILES string of the molecule is COc1ccc(OC)c(-c2nn(-c3ccccc3)cc2CNc2ccc(=O)[nH]n2)c1. The fraction of sp³-hybridized carbons (Fsp3) is 0.136. The average Bonchev–Trinajstić information content (AvgIpc) is 3.23. The molecule has 4 rings (SSSR count). The molecule has 0 aliphatic rings. The lowest BCUT2D eigenvalue weighted by atomic mass is 10.1. The maximum Gasteiger partial charge on any atom is 0.264 e. The number of anilines is 1. The van der Waals surface area contributed by atoms with Crippen molar-refractivity contribution in [2.75, 3.05) is 19.5 Å². The topological polar surface area (TPSA) is 94.1 Å². The van der Waals surface area contributed by atoms with Gasteiger partial charge in [-0.05, 0) is 36.4 Å². The van der Waals surface area contributed by atoms with Crippen molar-refractivity contribution in [2.24, 2.45) is 0 Å². The Morgan fingerprint density at radius 2 is 1.87 bits per heavy atom. The Hall–Kier alpha value is -4.07. The van der Waals surface area contributed by atoms with Crippen molar-refractivity contribution in [3.05, 3.63) is 82.8 Å². The quantitative estimate of drug-likeness (QED) is 0.492. The molecule has 8 heteroatoms. The first-order chi connectivity index (χ1) is 14.7. The highest BCUT2D eigenvalue weighted by Gasteiger charge is 2.17. The molecule has 0 saturated carbocycles. The third-order valence-electron chi connectivity index (χ3n) is 4.61. The number of aromatic nitrogens is 4. The summed E-state index contributed by atoms with van der Waals surface area (Å²) in [7, 11) is 3.25. The monoisotopic (exact) mass is 403 g/mol. The Morgan fingerprint density at radius 3 is 2.57 bits per heavy atom. The summed E-state index contributed by atoms with van der Waals surface area (Å²) in [5, 5.41) is 14.5. The number of H-pyrrole nitrogens is 1. The molecule has 0 bridgehead atoms. The highest BCUT2D eigenvalue weighted by atomic mass is 16.5. The zero-order valence-corrected chi connectivity index (χ0v) is 16.6. The largest absolute Gasteiger partial charge is 0.497 e. The molecule has 0 unspecified atom stereocenters. The number of hydrogen-bond acceptors (Lipinski definition) is 6. The first kappa shape index (κ1) is 19.3. The highest BCUT2D eigenvalue weighted by molar-refractivity contribution is 5.72. The fourth-order valence-corrected chi connectivity index (χ4v) is 3.11. The molecule has 30 heavy (non-hydrogen) atoms. The van der Waals surface area contributed by atoms with E-state index in [2.05, 4.69) is 15.5 Å². The summed E-state index contributed by atoms with van der Waals surface area (Å²) >= 11 is 0. The molecule has 0 radical (unpaired) electrons. The number of ether oxygens (including phenoxy) is 2. The minimum Gasteiger partial charge on any atom is -0.497 e. The van der Waals surface area contributed by atoms with Gasteiger partial charge in [0.15, 0.2) is 0 Å². The number of rotatable bonds is 7. The molecule has 4 aromatic rings. The maximum absolute atomic E-state index is 11.2. The van der Waals surface area contributed by atoms with Gasteiger partial charge < -0.3 is 14.8 Å². The fourth-order valence-electron chi connectivity index (χ4n) is 3.11. The molecule has 2 N–H and O–H groups in total. The molecule has 0 aliphatic heterocycles. The van der Waals surface area contributed by atoms with E-state index in [4.69, 9.17) is 14.6 Å². The van der Waals surface area contributed by atoms with Gasteiger partial charge >= 0.3 is 0 Å². The highest BCUT2D eigenvalue weighted by Crippen LogP contribution is 2.35. The molecule has 0 fully saturated rings. The second kappa shape index (κ2) is 8.52. The summed E-state index contributed by atoms with van der Waals surface area (Å²) in [5.41, 5.74) is 3.19. The van der Waals surface area contributed by atoms with E-state index in [0.29, 0.717) is 23.9 Å². The second-order valence-corrected chi connectivity index (χ2v) is 6.51. The lowest BCUT2D eigenvalue weighted by molar-refractivity contribution is 0.404. The predicted molar refractivity (Wildman–Crippen MR) is 114 cm³/mol. The number of para-hydroxylation sites is 1. The van der Waals surface area contributed by atoms with Crippen LogP contribution in [0.25, 0.3) is 16.9 Å². The van der Waals surface area contributed by atoms with Gasteiger partial charge in [-0.15, -0.1) is 0 Å². The van der Waals surface area contributed by atoms with E-state index in [1.807, 2.05) is 59.4 Å². The van der Waals surface area contributed by atoms with Crippen LogP contribution in [0.4, 0.5) is 5.82 Å². The van der Waals surface area contributed by atoms with Crippen LogP contribution in [0, 0.1) is 0 Å². The summed E-state index contributed by atoms with van der Waals surface area (Å²) in [6, 6.07) is 18.5. The predicted octanol–water partition coefficient (Wildman–Crippen LogP) is 3.25. The molecule has 0 atom stereocenters. The van der Waals surface area contributed by atoms with Gasteiger partial charge in [0.25, 0.3) is 5.56 Å². The van der Waals surface area contributed by atoms with Crippen molar-refractivity contribution < 1.29 is 9.47 Å². The van der Waals surface area contributed by atoms with Crippen LogP contribution >= 0.6 is 0 Å². The van der Waals surface area contributed by atoms with Crippen molar-refractivity contribution in [3.8, 4) is 28.4 Å². The van der Waals surface area contributed by atoms with E-state index < -0.39 is 0 Å². The lowest BCUT2D eigenvalue weighted by Gasteiger charge is -2.11. The van der Waals surface area contributed by atoms with Crippen LogP contribution in [0.5, 0.6) is 11.5 Å². The van der Waals surface area contributed by atoms with Crippen LogP contribution in [0.15, 0.2) is 71.7 Å². The first-order valence-electron chi connectivity index (χ1n) is 9.34. The second-order valence-electron chi connectivity index (χ2n) is 6.51. The summed E-state index contributed by atoms with van der Waals surface area (Å²) < 4.78 is 12.8. The van der Waals surface area contributed by atoms with Gasteiger partial charge in [0.2, 0.25) is 0 Å². The standard InChI is InChI=1S/C22H21N5O3/c1-29-17-8-9-19(30-2)18(12-17)22-15(13-23-20-10-11-21(28)25-24-20)14-27(26-22)16-6-4-3-5-7-16/h3-12,14H,13H2,1-2H3,(H,23,24)(H,25,28). The molecule has 2 aromatic carbocycles. The van der Waals surface area contributed by atoms with Crippen molar-refractivity contribution >= 4 is 5.82 Å². The van der Waals surface area contributed by atoms with Crippen LogP contribution in [0.3, 0.4) is 0 Å². The minimum absolute atomic E-state index is 0.251. The van der Waals surface area contributed by atoms with Crippen molar-refractivity contribution in [1.82, 2.24) is 20.0 Å². The van der Waals surface area contributed by atoms with Crippen LogP contribution in [-0.4, -0.2) is 34.2 Å². The summed E-state index contributed by atoms with van der Waals surface area (Å²) in [6.45, 7) is 0.446. The molecule has 2 aromatic heterocycles. The number of benzene rings is 2. The van der Waals surface area contributed by atoms with Gasteiger partial charge in [-0.25, -0.2) is 9.78 Å². The average molecular weight is 403 g/mol. The minimum atomic E-state index is -0.251. The van der Waals surface area contributed by atoms with E-state index in [9.17, 15) is 4.79 Å². The number of methoxy groups -OCH3 is 2. The Morgan fingerprint density at radius 1 is 1.03 bits per heavy atom. The van der Waals surface area contributed by atoms with Crippen LogP contribution in [-0.2, 0) is 6.54 Å². The summed E-state index contributed by atoms with van der Waals surface area (Å²) in [5.74, 6) is 1.96. The summed E-state index contributed by atoms with van der Waals surface area (Å²) in [6.07, 6.45) is 1.96. The maximum atomic E-state index is 11.2. The van der Waals surface area contributed by atoms with E-state index in [-0.39, 0.29) is 5.56 Å². The Kier molecular flexibility index (Phi) is 5.47. The molecule has 0 amide bonds. The molecule has 152 valence electrons. The number of nitrogens with one attached hydrogen (secondary N) is 2. The van der Waals surface area contributed by atoms with Gasteiger partial charge in [0.05, 0.1) is 19.9 Å². The van der Waals surface area contributed by atoms with Gasteiger partial charge in [0, 0.05) is 29.9 Å². The molecular formula is C22H21N5O3. The normalized spacial score (nSPS) is 10.6. The van der Waals surface area contributed by atoms with E-state index in [1.165, 1.54) is 6.07 Å². The van der Waals surface area contributed by atoms with Crippen molar-refractivity contribution in [2.45, 2.75) is 6.54 Å². The van der Waals surface area contributed by atoms with Crippen LogP contribution in [0.1, 0.15) is 5.56 Å². The van der Waals surface area contributed by atoms with Crippen LogP contribution in [0.2, 0.25) is 0 Å². The molecule has 2 heterocycles. The lowest BCUT2D eigenvalue weighted by Crippen LogP contribution is -2.09. The third-order valence-corrected chi connectivity index (χ3v) is 4.61. The van der Waals surface area contributed by atoms with Gasteiger partial charge in [0.1, 0.15) is 23.0 Å². The number of aromatic amines is 1. The van der Waals surface area contributed by atoms with Gasteiger partial charge in [-0.1, -0.05) is 18.2 Å². The Balaban J connectivity index is 1.77. The molecule has 0 aliphatic carbocycles. The van der Waals surface area contributed by atoms with Crippen molar-refractivity contribution in [1.29, 1.82) is 0 Å². The summed E-state index contributed by atoms with van der Waals surface area (Å²) in [4.78, 5) is 11.2.